The molecular weight excluding hydrogens is 246 g/mol. The molecule has 1 heterocycles. The Hall–Kier alpha value is -2.56. The molecule has 0 aliphatic heterocycles. The smallest absolute Gasteiger partial charge is 0.337 e. The molecule has 0 aliphatic rings. The van der Waals surface area contributed by atoms with E-state index in [1.54, 1.807) is 24.3 Å². The van der Waals surface area contributed by atoms with E-state index >= 15 is 0 Å². The molecule has 0 saturated carbocycles. The van der Waals surface area contributed by atoms with Gasteiger partial charge in [0.2, 0.25) is 0 Å². The average Bonchev–Trinajstić information content (AvgIpc) is 2.40. The highest BCUT2D eigenvalue weighted by Crippen LogP contribution is 2.14. The Morgan fingerprint density at radius 1 is 1.21 bits per heavy atom. The van der Waals surface area contributed by atoms with Gasteiger partial charge in [-0.15, -0.1) is 0 Å². The summed E-state index contributed by atoms with van der Waals surface area (Å²) in [5.74, 6) is -0.367. The van der Waals surface area contributed by atoms with Crippen LogP contribution in [0.1, 0.15) is 17.3 Å². The summed E-state index contributed by atoms with van der Waals surface area (Å²) in [7, 11) is 0. The number of carboxylic acid groups (broad SMARTS) is 1. The molecule has 19 heavy (non-hydrogen) atoms. The topological polar surface area (TPSA) is 68.5 Å². The fourth-order valence-corrected chi connectivity index (χ4v) is 1.69. The molecule has 5 heteroatoms. The third-order valence-electron chi connectivity index (χ3n) is 2.58. The molecule has 0 atom stereocenters. The summed E-state index contributed by atoms with van der Waals surface area (Å²) in [5.41, 5.74) is 0.374. The van der Waals surface area contributed by atoms with Crippen molar-refractivity contribution in [3.63, 3.8) is 0 Å². The molecule has 5 nitrogen and oxygen atoms in total. The Bertz CT molecular complexity index is 643. The molecule has 98 valence electrons. The zero-order valence-electron chi connectivity index (χ0n) is 10.4. The highest BCUT2D eigenvalue weighted by Gasteiger charge is 2.06. The number of aromatic carboxylic acids is 1. The maximum atomic E-state index is 11.7. The van der Waals surface area contributed by atoms with E-state index in [0.717, 1.165) is 0 Å². The molecule has 0 amide bonds. The first-order chi connectivity index (χ1) is 9.11. The first-order valence-corrected chi connectivity index (χ1v) is 5.81. The van der Waals surface area contributed by atoms with E-state index in [1.807, 2.05) is 6.92 Å². The number of hydrogen-bond acceptors (Lipinski definition) is 3. The highest BCUT2D eigenvalue weighted by atomic mass is 16.5. The molecule has 1 N–H and O–H groups in total. The minimum Gasteiger partial charge on any atom is -0.494 e. The van der Waals surface area contributed by atoms with E-state index < -0.39 is 5.97 Å². The number of rotatable bonds is 4. The van der Waals surface area contributed by atoms with E-state index in [0.29, 0.717) is 18.0 Å². The lowest BCUT2D eigenvalue weighted by Crippen LogP contribution is -2.18. The molecule has 1 aromatic carbocycles. The summed E-state index contributed by atoms with van der Waals surface area (Å²) >= 11 is 0. The zero-order valence-corrected chi connectivity index (χ0v) is 10.4. The first kappa shape index (κ1) is 12.9. The molecule has 2 aromatic rings. The molecule has 0 radical (unpaired) electrons. The lowest BCUT2D eigenvalue weighted by Gasteiger charge is -2.08. The van der Waals surface area contributed by atoms with Gasteiger partial charge in [-0.05, 0) is 37.3 Å². The van der Waals surface area contributed by atoms with E-state index in [9.17, 15) is 9.59 Å². The Balaban J connectivity index is 2.43. The van der Waals surface area contributed by atoms with Crippen LogP contribution >= 0.6 is 0 Å². The maximum absolute atomic E-state index is 11.7. The van der Waals surface area contributed by atoms with Crippen molar-refractivity contribution in [3.05, 3.63) is 58.5 Å². The lowest BCUT2D eigenvalue weighted by molar-refractivity contribution is 0.0696. The molecule has 2 rings (SSSR count). The third-order valence-corrected chi connectivity index (χ3v) is 2.58. The Labute approximate surface area is 109 Å². The van der Waals surface area contributed by atoms with E-state index in [1.165, 1.54) is 22.9 Å². The van der Waals surface area contributed by atoms with Crippen molar-refractivity contribution in [1.29, 1.82) is 0 Å². The third kappa shape index (κ3) is 2.82. The molecule has 0 unspecified atom stereocenters. The molecule has 0 saturated heterocycles. The molecule has 0 aliphatic carbocycles. The number of aromatic nitrogens is 1. The predicted octanol–water partition coefficient (Wildman–Crippen LogP) is 1.93. The molecule has 0 fully saturated rings. The standard InChI is InChI=1S/C14H13NO4/c1-2-19-12-6-4-11(5-7-12)15-9-10(14(17)18)3-8-13(15)16/h3-9H,2H2,1H3,(H,17,18). The van der Waals surface area contributed by atoms with Gasteiger partial charge in [-0.1, -0.05) is 0 Å². The maximum Gasteiger partial charge on any atom is 0.337 e. The molecule has 0 spiro atoms. The second kappa shape index (κ2) is 5.39. The van der Waals surface area contributed by atoms with E-state index in [-0.39, 0.29) is 11.1 Å². The van der Waals surface area contributed by atoms with Crippen molar-refractivity contribution in [3.8, 4) is 11.4 Å². The minimum absolute atomic E-state index is 0.0634. The number of carboxylic acids is 1. The van der Waals surface area contributed by atoms with Gasteiger partial charge < -0.3 is 9.84 Å². The second-order valence-corrected chi connectivity index (χ2v) is 3.86. The van der Waals surface area contributed by atoms with Crippen molar-refractivity contribution in [1.82, 2.24) is 4.57 Å². The fraction of sp³-hybridized carbons (Fsp3) is 0.143. The number of hydrogen-bond donors (Lipinski definition) is 1. The van der Waals surface area contributed by atoms with Crippen LogP contribution < -0.4 is 10.3 Å². The van der Waals surface area contributed by atoms with E-state index in [4.69, 9.17) is 9.84 Å². The number of carbonyl (C=O) groups is 1. The predicted molar refractivity (Wildman–Crippen MR) is 70.2 cm³/mol. The number of nitrogens with zero attached hydrogens (tertiary/aromatic N) is 1. The molecular formula is C14H13NO4. The Morgan fingerprint density at radius 3 is 2.47 bits per heavy atom. The van der Waals surface area contributed by atoms with Crippen LogP contribution in [0.5, 0.6) is 5.75 Å². The average molecular weight is 259 g/mol. The van der Waals surface area contributed by atoms with Crippen molar-refractivity contribution in [2.24, 2.45) is 0 Å². The van der Waals surface area contributed by atoms with Gasteiger partial charge in [0.1, 0.15) is 5.75 Å². The highest BCUT2D eigenvalue weighted by molar-refractivity contribution is 5.87. The summed E-state index contributed by atoms with van der Waals surface area (Å²) in [6.45, 7) is 2.45. The summed E-state index contributed by atoms with van der Waals surface area (Å²) in [6.07, 6.45) is 1.31. The minimum atomic E-state index is -1.07. The second-order valence-electron chi connectivity index (χ2n) is 3.86. The summed E-state index contributed by atoms with van der Waals surface area (Å²) in [6, 6.07) is 9.41. The van der Waals surface area contributed by atoms with Crippen molar-refractivity contribution < 1.29 is 14.6 Å². The van der Waals surface area contributed by atoms with Gasteiger partial charge >= 0.3 is 5.97 Å². The van der Waals surface area contributed by atoms with Crippen LogP contribution in [0.4, 0.5) is 0 Å². The van der Waals surface area contributed by atoms with Gasteiger partial charge in [-0.3, -0.25) is 9.36 Å². The first-order valence-electron chi connectivity index (χ1n) is 5.81. The van der Waals surface area contributed by atoms with Crippen LogP contribution in [-0.4, -0.2) is 22.2 Å². The lowest BCUT2D eigenvalue weighted by atomic mass is 10.2. The number of ether oxygens (including phenoxy) is 1. The van der Waals surface area contributed by atoms with Crippen LogP contribution in [0.3, 0.4) is 0 Å². The molecule has 0 bridgehead atoms. The monoisotopic (exact) mass is 259 g/mol. The van der Waals surface area contributed by atoms with Crippen molar-refractivity contribution in [2.75, 3.05) is 6.61 Å². The van der Waals surface area contributed by atoms with Gasteiger partial charge in [-0.25, -0.2) is 4.79 Å². The van der Waals surface area contributed by atoms with Crippen LogP contribution in [0.2, 0.25) is 0 Å². The van der Waals surface area contributed by atoms with Crippen LogP contribution in [0.15, 0.2) is 47.4 Å². The van der Waals surface area contributed by atoms with Crippen molar-refractivity contribution in [2.45, 2.75) is 6.92 Å². The van der Waals surface area contributed by atoms with Gasteiger partial charge in [-0.2, -0.15) is 0 Å². The number of pyridine rings is 1. The van der Waals surface area contributed by atoms with Gasteiger partial charge in [0.05, 0.1) is 12.2 Å². The Morgan fingerprint density at radius 2 is 1.89 bits per heavy atom. The number of benzene rings is 1. The SMILES string of the molecule is CCOc1ccc(-n2cc(C(=O)O)ccc2=O)cc1. The largest absolute Gasteiger partial charge is 0.494 e. The summed E-state index contributed by atoms with van der Waals surface area (Å²) in [4.78, 5) is 22.6. The van der Waals surface area contributed by atoms with Crippen molar-refractivity contribution >= 4 is 5.97 Å². The fourth-order valence-electron chi connectivity index (χ4n) is 1.69. The molecule has 1 aromatic heterocycles. The van der Waals surface area contributed by atoms with Crippen LogP contribution in [-0.2, 0) is 0 Å². The van der Waals surface area contributed by atoms with Gasteiger partial charge in [0.25, 0.3) is 5.56 Å². The zero-order chi connectivity index (χ0) is 13.8. The van der Waals surface area contributed by atoms with Crippen LogP contribution in [0.25, 0.3) is 5.69 Å². The Kier molecular flexibility index (Phi) is 3.66. The quantitative estimate of drug-likeness (QED) is 0.911. The van der Waals surface area contributed by atoms with E-state index in [2.05, 4.69) is 0 Å². The van der Waals surface area contributed by atoms with Gasteiger partial charge in [0.15, 0.2) is 0 Å². The summed E-state index contributed by atoms with van der Waals surface area (Å²) < 4.78 is 6.60. The van der Waals surface area contributed by atoms with Crippen LogP contribution in [0, 0.1) is 0 Å². The summed E-state index contributed by atoms with van der Waals surface area (Å²) in [5, 5.41) is 8.93. The normalized spacial score (nSPS) is 10.2. The van der Waals surface area contributed by atoms with Gasteiger partial charge in [0, 0.05) is 18.0 Å².